The smallest absolute Gasteiger partial charge is 0.166 e. The number of Topliss-reactive ketones (excluding diaryl/α,β-unsaturated/α-hetero) is 1. The average Bonchev–Trinajstić information content (AvgIpc) is 2.60. The van der Waals surface area contributed by atoms with Crippen LogP contribution in [0.15, 0.2) is 36.1 Å². The summed E-state index contributed by atoms with van der Waals surface area (Å²) in [6.45, 7) is 2.02. The topological polar surface area (TPSA) is 37.3 Å². The highest BCUT2D eigenvalue weighted by molar-refractivity contribution is 6.49. The minimum atomic E-state index is -0.0177. The normalized spacial score (nSPS) is 15.0. The van der Waals surface area contributed by atoms with E-state index < -0.39 is 0 Å². The summed E-state index contributed by atoms with van der Waals surface area (Å²) in [5.74, 6) is 0.152. The van der Waals surface area contributed by atoms with E-state index in [4.69, 9.17) is 34.8 Å². The molecular weight excluding hydrogens is 379 g/mol. The molecule has 2 aromatic rings. The zero-order valence-electron chi connectivity index (χ0n) is 13.7. The van der Waals surface area contributed by atoms with Crippen LogP contribution in [-0.2, 0) is 11.2 Å². The first-order valence-corrected chi connectivity index (χ1v) is 9.30. The van der Waals surface area contributed by atoms with Crippen molar-refractivity contribution in [2.75, 3.05) is 0 Å². The second-order valence-electron chi connectivity index (χ2n) is 6.05. The summed E-state index contributed by atoms with van der Waals surface area (Å²) >= 11 is 18.5. The highest BCUT2D eigenvalue weighted by atomic mass is 35.5. The van der Waals surface area contributed by atoms with Crippen molar-refractivity contribution in [2.24, 2.45) is 0 Å². The van der Waals surface area contributed by atoms with E-state index in [0.717, 1.165) is 28.7 Å². The Morgan fingerprint density at radius 1 is 1.00 bits per heavy atom. The highest BCUT2D eigenvalue weighted by Crippen LogP contribution is 2.40. The van der Waals surface area contributed by atoms with Gasteiger partial charge in [-0.25, -0.2) is 0 Å². The predicted octanol–water partition coefficient (Wildman–Crippen LogP) is 6.90. The molecule has 0 fully saturated rings. The zero-order valence-corrected chi connectivity index (χ0v) is 16.0. The first-order chi connectivity index (χ1) is 11.9. The van der Waals surface area contributed by atoms with E-state index in [1.54, 1.807) is 12.1 Å². The van der Waals surface area contributed by atoms with Crippen molar-refractivity contribution in [3.8, 4) is 11.1 Å². The van der Waals surface area contributed by atoms with Crippen molar-refractivity contribution in [2.45, 2.75) is 32.6 Å². The molecular formula is C20H17Cl3O2. The van der Waals surface area contributed by atoms with Crippen LogP contribution in [-0.4, -0.2) is 10.9 Å². The van der Waals surface area contributed by atoms with Gasteiger partial charge in [0.1, 0.15) is 5.76 Å². The average molecular weight is 396 g/mol. The van der Waals surface area contributed by atoms with Gasteiger partial charge in [-0.1, -0.05) is 59.9 Å². The molecule has 0 bridgehead atoms. The molecule has 25 heavy (non-hydrogen) atoms. The van der Waals surface area contributed by atoms with Gasteiger partial charge in [0.15, 0.2) is 5.78 Å². The Balaban J connectivity index is 2.20. The van der Waals surface area contributed by atoms with Crippen molar-refractivity contribution in [1.29, 1.82) is 0 Å². The largest absolute Gasteiger partial charge is 0.512 e. The van der Waals surface area contributed by atoms with Crippen LogP contribution in [0.1, 0.15) is 37.3 Å². The van der Waals surface area contributed by atoms with Crippen LogP contribution < -0.4 is 0 Å². The van der Waals surface area contributed by atoms with E-state index in [2.05, 4.69) is 0 Å². The number of allylic oxidation sites excluding steroid dienone is 2. The maximum absolute atomic E-state index is 12.4. The Labute approximate surface area is 162 Å². The van der Waals surface area contributed by atoms with Crippen molar-refractivity contribution in [3.63, 3.8) is 0 Å². The number of hydrogen-bond donors (Lipinski definition) is 1. The molecule has 0 aliphatic heterocycles. The molecule has 1 aliphatic carbocycles. The number of aryl methyl sites for hydroxylation is 1. The number of ketones is 1. The molecule has 0 radical (unpaired) electrons. The molecule has 130 valence electrons. The van der Waals surface area contributed by atoms with Crippen LogP contribution in [0.5, 0.6) is 0 Å². The molecule has 2 aromatic carbocycles. The fraction of sp³-hybridized carbons (Fsp3) is 0.250. The van der Waals surface area contributed by atoms with Gasteiger partial charge in [0.25, 0.3) is 0 Å². The lowest BCUT2D eigenvalue weighted by atomic mass is 9.86. The zero-order chi connectivity index (χ0) is 18.1. The van der Waals surface area contributed by atoms with Gasteiger partial charge in [0.05, 0.1) is 20.6 Å². The number of hydrogen-bond acceptors (Lipinski definition) is 2. The van der Waals surface area contributed by atoms with Crippen LogP contribution in [0.4, 0.5) is 0 Å². The summed E-state index contributed by atoms with van der Waals surface area (Å²) in [5.41, 5.74) is 3.78. The van der Waals surface area contributed by atoms with Crippen LogP contribution in [0, 0.1) is 0 Å². The quantitative estimate of drug-likeness (QED) is 0.574. The second-order valence-corrected chi connectivity index (χ2v) is 7.21. The van der Waals surface area contributed by atoms with E-state index >= 15 is 0 Å². The Bertz CT molecular complexity index is 885. The molecule has 0 atom stereocenters. The molecule has 0 unspecified atom stereocenters. The van der Waals surface area contributed by atoms with Crippen molar-refractivity contribution < 1.29 is 9.90 Å². The van der Waals surface area contributed by atoms with Gasteiger partial charge < -0.3 is 5.11 Å². The summed E-state index contributed by atoms with van der Waals surface area (Å²) < 4.78 is 0. The Hall–Kier alpha value is -1.48. The summed E-state index contributed by atoms with van der Waals surface area (Å²) in [7, 11) is 0. The predicted molar refractivity (Wildman–Crippen MR) is 105 cm³/mol. The molecule has 0 saturated heterocycles. The molecule has 0 amide bonds. The van der Waals surface area contributed by atoms with Gasteiger partial charge in [0.2, 0.25) is 0 Å². The molecule has 0 saturated carbocycles. The summed E-state index contributed by atoms with van der Waals surface area (Å²) in [5, 5.41) is 11.4. The number of benzene rings is 2. The maximum atomic E-state index is 12.4. The SMILES string of the molecule is CCc1ccc(-c2ccc(Cl)c(Cl)c2Cl)cc1C1=C(O)CCCC1=O. The van der Waals surface area contributed by atoms with Gasteiger partial charge in [-0.3, -0.25) is 4.79 Å². The summed E-state index contributed by atoms with van der Waals surface area (Å²) in [6, 6.07) is 9.31. The first kappa shape index (κ1) is 18.3. The maximum Gasteiger partial charge on any atom is 0.166 e. The molecule has 0 heterocycles. The van der Waals surface area contributed by atoms with E-state index in [0.29, 0.717) is 39.9 Å². The van der Waals surface area contributed by atoms with Crippen molar-refractivity contribution in [1.82, 2.24) is 0 Å². The van der Waals surface area contributed by atoms with E-state index in [-0.39, 0.29) is 11.5 Å². The molecule has 5 heteroatoms. The van der Waals surface area contributed by atoms with Gasteiger partial charge in [0, 0.05) is 18.4 Å². The van der Waals surface area contributed by atoms with Crippen LogP contribution in [0.3, 0.4) is 0 Å². The second kappa shape index (κ2) is 7.41. The fourth-order valence-corrected chi connectivity index (χ4v) is 3.81. The Kier molecular flexibility index (Phi) is 5.43. The number of rotatable bonds is 3. The highest BCUT2D eigenvalue weighted by Gasteiger charge is 2.24. The van der Waals surface area contributed by atoms with Gasteiger partial charge in [-0.2, -0.15) is 0 Å². The lowest BCUT2D eigenvalue weighted by Crippen LogP contribution is -2.12. The monoisotopic (exact) mass is 394 g/mol. The minimum Gasteiger partial charge on any atom is -0.512 e. The molecule has 1 N–H and O–H groups in total. The number of aliphatic hydroxyl groups excluding tert-OH is 1. The third-order valence-corrected chi connectivity index (χ3v) is 5.78. The lowest BCUT2D eigenvalue weighted by molar-refractivity contribution is -0.114. The van der Waals surface area contributed by atoms with E-state index in [1.165, 1.54) is 0 Å². The minimum absolute atomic E-state index is 0.0177. The first-order valence-electron chi connectivity index (χ1n) is 8.16. The fourth-order valence-electron chi connectivity index (χ4n) is 3.17. The van der Waals surface area contributed by atoms with Crippen molar-refractivity contribution in [3.05, 3.63) is 62.3 Å². The Morgan fingerprint density at radius 2 is 1.76 bits per heavy atom. The standard InChI is InChI=1S/C20H17Cl3O2/c1-2-11-6-7-12(13-8-9-15(21)20(23)19(13)22)10-14(11)18-16(24)4-3-5-17(18)25/h6-10,24H,2-5H2,1H3. The van der Waals surface area contributed by atoms with Crippen LogP contribution in [0.25, 0.3) is 16.7 Å². The van der Waals surface area contributed by atoms with Gasteiger partial charge in [-0.15, -0.1) is 0 Å². The van der Waals surface area contributed by atoms with E-state index in [1.807, 2.05) is 25.1 Å². The third-order valence-electron chi connectivity index (χ3n) is 4.49. The summed E-state index contributed by atoms with van der Waals surface area (Å²) in [6.07, 6.45) is 2.44. The molecule has 0 aromatic heterocycles. The van der Waals surface area contributed by atoms with Gasteiger partial charge >= 0.3 is 0 Å². The third kappa shape index (κ3) is 3.44. The number of carbonyl (C=O) groups excluding carboxylic acids is 1. The Morgan fingerprint density at radius 3 is 2.44 bits per heavy atom. The van der Waals surface area contributed by atoms with Crippen LogP contribution >= 0.6 is 34.8 Å². The molecule has 0 spiro atoms. The number of halogens is 3. The molecule has 3 rings (SSSR count). The van der Waals surface area contributed by atoms with Gasteiger partial charge in [-0.05, 0) is 41.7 Å². The lowest BCUT2D eigenvalue weighted by Gasteiger charge is -2.19. The van der Waals surface area contributed by atoms with E-state index in [9.17, 15) is 9.90 Å². The van der Waals surface area contributed by atoms with Crippen LogP contribution in [0.2, 0.25) is 15.1 Å². The number of aliphatic hydroxyl groups is 1. The number of carbonyl (C=O) groups is 1. The molecule has 1 aliphatic rings. The van der Waals surface area contributed by atoms with Crippen molar-refractivity contribution >= 4 is 46.2 Å². The summed E-state index contributed by atoms with van der Waals surface area (Å²) in [4.78, 5) is 12.4. The molecule has 2 nitrogen and oxygen atoms in total.